The number of likely N-dealkylation sites (N-methyl/N-ethyl adjacent to an activating group) is 1. The molecule has 2 aromatic heterocycles. The number of nitrogens with one attached hydrogen (secondary N) is 3. The lowest BCUT2D eigenvalue weighted by atomic mass is 10.2. The van der Waals surface area contributed by atoms with Gasteiger partial charge in [0.25, 0.3) is 0 Å². The lowest BCUT2D eigenvalue weighted by molar-refractivity contribution is -0.121. The maximum atomic E-state index is 12.0. The summed E-state index contributed by atoms with van der Waals surface area (Å²) >= 11 is 0. The maximum absolute atomic E-state index is 12.0. The summed E-state index contributed by atoms with van der Waals surface area (Å²) in [5.74, 6) is 0.739. The third kappa shape index (κ3) is 3.76. The molecule has 0 spiro atoms. The minimum atomic E-state index is 0.0652. The summed E-state index contributed by atoms with van der Waals surface area (Å²) in [6.07, 6.45) is 5.86. The fraction of sp³-hybridized carbons (Fsp3) is 0.600. The lowest BCUT2D eigenvalue weighted by Crippen LogP contribution is -2.40. The zero-order valence-corrected chi connectivity index (χ0v) is 13.4. The molecule has 0 aliphatic carbocycles. The molecular formula is C15H23N7O. The number of likely N-dealkylation sites (tertiary alicyclic amines) is 1. The minimum absolute atomic E-state index is 0.0652. The van der Waals surface area contributed by atoms with Gasteiger partial charge in [-0.2, -0.15) is 0 Å². The number of carbonyl (C=O) groups excluding carboxylic acids is 1. The molecular weight excluding hydrogens is 294 g/mol. The van der Waals surface area contributed by atoms with E-state index >= 15 is 0 Å². The summed E-state index contributed by atoms with van der Waals surface area (Å²) in [5, 5.41) is 6.19. The Bertz CT molecular complexity index is 656. The van der Waals surface area contributed by atoms with Crippen LogP contribution in [0.15, 0.2) is 12.7 Å². The van der Waals surface area contributed by atoms with Gasteiger partial charge in [-0.05, 0) is 25.9 Å². The van der Waals surface area contributed by atoms with Crippen LogP contribution in [0.2, 0.25) is 0 Å². The molecule has 1 fully saturated rings. The van der Waals surface area contributed by atoms with Crippen LogP contribution in [0.1, 0.15) is 26.2 Å². The van der Waals surface area contributed by atoms with Crippen molar-refractivity contribution in [3.63, 3.8) is 0 Å². The Morgan fingerprint density at radius 2 is 2.35 bits per heavy atom. The highest BCUT2D eigenvalue weighted by Crippen LogP contribution is 2.16. The van der Waals surface area contributed by atoms with Gasteiger partial charge in [0.1, 0.15) is 11.8 Å². The molecule has 1 atom stereocenters. The molecule has 2 aromatic rings. The Labute approximate surface area is 135 Å². The number of imidazole rings is 1. The highest BCUT2D eigenvalue weighted by molar-refractivity contribution is 5.82. The second kappa shape index (κ2) is 7.36. The third-order valence-electron chi connectivity index (χ3n) is 4.31. The van der Waals surface area contributed by atoms with E-state index in [4.69, 9.17) is 0 Å². The minimum Gasteiger partial charge on any atom is -0.368 e. The molecule has 0 saturated carbocycles. The van der Waals surface area contributed by atoms with Crippen LogP contribution < -0.4 is 10.6 Å². The van der Waals surface area contributed by atoms with E-state index in [1.807, 2.05) is 0 Å². The van der Waals surface area contributed by atoms with Crippen molar-refractivity contribution in [3.05, 3.63) is 12.7 Å². The molecule has 124 valence electrons. The van der Waals surface area contributed by atoms with E-state index in [9.17, 15) is 4.79 Å². The first-order chi connectivity index (χ1) is 11.3. The van der Waals surface area contributed by atoms with Crippen molar-refractivity contribution in [2.24, 2.45) is 0 Å². The van der Waals surface area contributed by atoms with Crippen molar-refractivity contribution in [2.45, 2.75) is 32.2 Å². The van der Waals surface area contributed by atoms with Crippen molar-refractivity contribution >= 4 is 22.9 Å². The summed E-state index contributed by atoms with van der Waals surface area (Å²) < 4.78 is 0. The number of anilines is 1. The van der Waals surface area contributed by atoms with E-state index < -0.39 is 0 Å². The standard InChI is InChI=1S/C15H23N7O/c1-2-22-7-3-4-11(22)8-17-12(23)5-6-16-14-13-15(19-9-18-13)21-10-20-14/h9-11H,2-8H2,1H3,(H,17,23)(H2,16,18,19,20,21)/t11-/m1/s1. The van der Waals surface area contributed by atoms with Gasteiger partial charge >= 0.3 is 0 Å². The Hall–Kier alpha value is -2.22. The van der Waals surface area contributed by atoms with Gasteiger partial charge in [-0.1, -0.05) is 6.92 Å². The predicted octanol–water partition coefficient (Wildman–Crippen LogP) is 0.755. The smallest absolute Gasteiger partial charge is 0.221 e. The molecule has 3 rings (SSSR count). The second-order valence-corrected chi connectivity index (χ2v) is 5.73. The van der Waals surface area contributed by atoms with E-state index in [2.05, 4.69) is 42.4 Å². The molecule has 0 bridgehead atoms. The van der Waals surface area contributed by atoms with Crippen LogP contribution in [0.3, 0.4) is 0 Å². The molecule has 1 aliphatic rings. The summed E-state index contributed by atoms with van der Waals surface area (Å²) in [5.41, 5.74) is 1.38. The number of hydrogen-bond donors (Lipinski definition) is 3. The maximum Gasteiger partial charge on any atom is 0.221 e. The van der Waals surface area contributed by atoms with Gasteiger partial charge in [0.15, 0.2) is 11.5 Å². The summed E-state index contributed by atoms with van der Waals surface area (Å²) in [6.45, 7) is 5.63. The number of hydrogen-bond acceptors (Lipinski definition) is 6. The van der Waals surface area contributed by atoms with Crippen LogP contribution in [0.25, 0.3) is 11.2 Å². The van der Waals surface area contributed by atoms with Crippen molar-refractivity contribution in [2.75, 3.05) is 31.5 Å². The largest absolute Gasteiger partial charge is 0.368 e. The Morgan fingerprint density at radius 3 is 3.22 bits per heavy atom. The average Bonchev–Trinajstić information content (AvgIpc) is 3.21. The molecule has 0 unspecified atom stereocenters. The molecule has 8 heteroatoms. The van der Waals surface area contributed by atoms with Crippen molar-refractivity contribution in [1.29, 1.82) is 0 Å². The van der Waals surface area contributed by atoms with Gasteiger partial charge in [0.2, 0.25) is 5.91 Å². The van der Waals surface area contributed by atoms with E-state index in [0.717, 1.165) is 25.2 Å². The fourth-order valence-corrected chi connectivity index (χ4v) is 3.06. The fourth-order valence-electron chi connectivity index (χ4n) is 3.06. The van der Waals surface area contributed by atoms with Crippen LogP contribution in [0, 0.1) is 0 Å². The van der Waals surface area contributed by atoms with Gasteiger partial charge < -0.3 is 15.6 Å². The highest BCUT2D eigenvalue weighted by atomic mass is 16.1. The van der Waals surface area contributed by atoms with Gasteiger partial charge in [0.05, 0.1) is 6.33 Å². The predicted molar refractivity (Wildman–Crippen MR) is 88.1 cm³/mol. The first-order valence-corrected chi connectivity index (χ1v) is 8.16. The number of fused-ring (bicyclic) bond motifs is 1. The molecule has 0 aromatic carbocycles. The van der Waals surface area contributed by atoms with Crippen LogP contribution >= 0.6 is 0 Å². The number of nitrogens with zero attached hydrogens (tertiary/aromatic N) is 4. The van der Waals surface area contributed by atoms with Crippen molar-refractivity contribution in [1.82, 2.24) is 30.2 Å². The summed E-state index contributed by atoms with van der Waals surface area (Å²) in [6, 6.07) is 0.489. The van der Waals surface area contributed by atoms with Crippen LogP contribution in [0.5, 0.6) is 0 Å². The van der Waals surface area contributed by atoms with Gasteiger partial charge in [0, 0.05) is 25.6 Å². The van der Waals surface area contributed by atoms with Crippen molar-refractivity contribution < 1.29 is 4.79 Å². The Balaban J connectivity index is 1.42. The Morgan fingerprint density at radius 1 is 1.43 bits per heavy atom. The first-order valence-electron chi connectivity index (χ1n) is 8.16. The normalized spacial score (nSPS) is 18.4. The van der Waals surface area contributed by atoms with E-state index in [1.165, 1.54) is 19.2 Å². The number of aromatic nitrogens is 4. The van der Waals surface area contributed by atoms with E-state index in [-0.39, 0.29) is 5.91 Å². The molecule has 23 heavy (non-hydrogen) atoms. The second-order valence-electron chi connectivity index (χ2n) is 5.73. The summed E-state index contributed by atoms with van der Waals surface area (Å²) in [7, 11) is 0. The molecule has 0 radical (unpaired) electrons. The topological polar surface area (TPSA) is 98.8 Å². The molecule has 1 saturated heterocycles. The zero-order valence-electron chi connectivity index (χ0n) is 13.4. The molecule has 3 heterocycles. The molecule has 1 aliphatic heterocycles. The van der Waals surface area contributed by atoms with Gasteiger partial charge in [-0.3, -0.25) is 9.69 Å². The van der Waals surface area contributed by atoms with Crippen LogP contribution in [-0.4, -0.2) is 63.0 Å². The van der Waals surface area contributed by atoms with Crippen molar-refractivity contribution in [3.8, 4) is 0 Å². The summed E-state index contributed by atoms with van der Waals surface area (Å²) in [4.78, 5) is 29.7. The first kappa shape index (κ1) is 15.7. The quantitative estimate of drug-likeness (QED) is 0.697. The monoisotopic (exact) mass is 317 g/mol. The number of aromatic amines is 1. The number of H-pyrrole nitrogens is 1. The average molecular weight is 317 g/mol. The zero-order chi connectivity index (χ0) is 16.1. The van der Waals surface area contributed by atoms with E-state index in [0.29, 0.717) is 30.5 Å². The lowest BCUT2D eigenvalue weighted by Gasteiger charge is -2.22. The number of carbonyl (C=O) groups is 1. The highest BCUT2D eigenvalue weighted by Gasteiger charge is 2.22. The number of amides is 1. The molecule has 3 N–H and O–H groups in total. The number of rotatable bonds is 7. The van der Waals surface area contributed by atoms with E-state index in [1.54, 1.807) is 6.33 Å². The van der Waals surface area contributed by atoms with Gasteiger partial charge in [-0.25, -0.2) is 15.0 Å². The molecule has 8 nitrogen and oxygen atoms in total. The van der Waals surface area contributed by atoms with Crippen LogP contribution in [0.4, 0.5) is 5.82 Å². The van der Waals surface area contributed by atoms with Crippen LogP contribution in [-0.2, 0) is 4.79 Å². The Kier molecular flexibility index (Phi) is 5.02. The third-order valence-corrected chi connectivity index (χ3v) is 4.31. The SMILES string of the molecule is CCN1CCC[C@@H]1CNC(=O)CCNc1ncnc2nc[nH]c12. The molecule has 1 amide bonds. The van der Waals surface area contributed by atoms with Gasteiger partial charge in [-0.15, -0.1) is 0 Å².